The minimum Gasteiger partial charge on any atom is -0.352 e. The van der Waals surface area contributed by atoms with Gasteiger partial charge >= 0.3 is 5.69 Å². The molecule has 1 aliphatic rings. The fourth-order valence-electron chi connectivity index (χ4n) is 3.07. The average molecular weight is 294 g/mol. The zero-order valence-corrected chi connectivity index (χ0v) is 13.0. The van der Waals surface area contributed by atoms with Crippen LogP contribution in [0.3, 0.4) is 0 Å². The summed E-state index contributed by atoms with van der Waals surface area (Å²) in [5.74, 6) is -0.141. The summed E-state index contributed by atoms with van der Waals surface area (Å²) >= 11 is 0. The van der Waals surface area contributed by atoms with Crippen LogP contribution in [0.1, 0.15) is 44.5 Å². The lowest BCUT2D eigenvalue weighted by Crippen LogP contribution is -2.36. The van der Waals surface area contributed by atoms with Gasteiger partial charge in [-0.25, -0.2) is 0 Å². The van der Waals surface area contributed by atoms with Crippen molar-refractivity contribution in [1.82, 2.24) is 15.1 Å². The van der Waals surface area contributed by atoms with Crippen LogP contribution >= 0.6 is 0 Å². The van der Waals surface area contributed by atoms with Gasteiger partial charge in [-0.15, -0.1) is 0 Å². The second kappa shape index (κ2) is 5.46. The number of nitro groups is 1. The molecule has 1 amide bonds. The van der Waals surface area contributed by atoms with Gasteiger partial charge in [0.15, 0.2) is 0 Å². The van der Waals surface area contributed by atoms with Gasteiger partial charge in [-0.05, 0) is 38.5 Å². The number of nitrogens with zero attached hydrogens (tertiary/aromatic N) is 3. The van der Waals surface area contributed by atoms with Crippen molar-refractivity contribution in [2.45, 2.75) is 59.5 Å². The standard InChI is InChI=1S/C14H22N4O3/c1-9-13(18(20)21)10(2)17(16-9)8-12(19)15-11-5-6-14(3,4)7-11/h11H,5-8H2,1-4H3,(H,15,19). The van der Waals surface area contributed by atoms with Gasteiger partial charge in [0.1, 0.15) is 17.9 Å². The Morgan fingerprint density at radius 1 is 1.52 bits per heavy atom. The number of aromatic nitrogens is 2. The molecule has 1 fully saturated rings. The number of carbonyl (C=O) groups excluding carboxylic acids is 1. The monoisotopic (exact) mass is 294 g/mol. The van der Waals surface area contributed by atoms with Crippen LogP contribution < -0.4 is 5.32 Å². The zero-order chi connectivity index (χ0) is 15.8. The summed E-state index contributed by atoms with van der Waals surface area (Å²) in [6, 6.07) is 0.194. The van der Waals surface area contributed by atoms with Gasteiger partial charge in [0, 0.05) is 6.04 Å². The van der Waals surface area contributed by atoms with Crippen molar-refractivity contribution in [2.75, 3.05) is 0 Å². The lowest BCUT2D eigenvalue weighted by atomic mass is 9.92. The molecule has 0 radical (unpaired) electrons. The molecular weight excluding hydrogens is 272 g/mol. The van der Waals surface area contributed by atoms with E-state index in [1.807, 2.05) is 0 Å². The molecule has 7 nitrogen and oxygen atoms in total. The third kappa shape index (κ3) is 3.40. The number of rotatable bonds is 4. The van der Waals surface area contributed by atoms with E-state index in [0.717, 1.165) is 19.3 Å². The minimum atomic E-state index is -0.453. The molecule has 1 aromatic heterocycles. The molecule has 0 bridgehead atoms. The van der Waals surface area contributed by atoms with Crippen molar-refractivity contribution >= 4 is 11.6 Å². The summed E-state index contributed by atoms with van der Waals surface area (Å²) in [7, 11) is 0. The van der Waals surface area contributed by atoms with E-state index in [1.165, 1.54) is 4.68 Å². The van der Waals surface area contributed by atoms with Crippen LogP contribution in [0.2, 0.25) is 0 Å². The molecule has 1 saturated carbocycles. The molecule has 0 saturated heterocycles. The van der Waals surface area contributed by atoms with Gasteiger partial charge in [0.2, 0.25) is 5.91 Å². The molecule has 0 spiro atoms. The predicted octanol–water partition coefficient (Wildman–Crippen LogP) is 2.10. The van der Waals surface area contributed by atoms with Gasteiger partial charge in [0.25, 0.3) is 0 Å². The van der Waals surface area contributed by atoms with Crippen LogP contribution in [0.4, 0.5) is 5.69 Å². The summed E-state index contributed by atoms with van der Waals surface area (Å²) in [5.41, 5.74) is 1.02. The number of carbonyl (C=O) groups is 1. The Bertz CT molecular complexity index is 577. The van der Waals surface area contributed by atoms with Crippen molar-refractivity contribution in [2.24, 2.45) is 5.41 Å². The molecular formula is C14H22N4O3. The fourth-order valence-corrected chi connectivity index (χ4v) is 3.07. The summed E-state index contributed by atoms with van der Waals surface area (Å²) in [5, 5.41) is 18.0. The van der Waals surface area contributed by atoms with E-state index >= 15 is 0 Å². The molecule has 116 valence electrons. The molecule has 7 heteroatoms. The zero-order valence-electron chi connectivity index (χ0n) is 13.0. The van der Waals surface area contributed by atoms with E-state index in [2.05, 4.69) is 24.3 Å². The van der Waals surface area contributed by atoms with Gasteiger partial charge < -0.3 is 5.32 Å². The Morgan fingerprint density at radius 3 is 2.67 bits per heavy atom. The van der Waals surface area contributed by atoms with Crippen molar-refractivity contribution < 1.29 is 9.72 Å². The molecule has 0 aromatic carbocycles. The molecule has 1 heterocycles. The lowest BCUT2D eigenvalue weighted by Gasteiger charge is -2.18. The smallest absolute Gasteiger partial charge is 0.312 e. The quantitative estimate of drug-likeness (QED) is 0.680. The molecule has 0 aliphatic heterocycles. The topological polar surface area (TPSA) is 90.1 Å². The van der Waals surface area contributed by atoms with Crippen molar-refractivity contribution in [1.29, 1.82) is 0 Å². The van der Waals surface area contributed by atoms with E-state index < -0.39 is 4.92 Å². The van der Waals surface area contributed by atoms with Crippen molar-refractivity contribution in [3.05, 3.63) is 21.5 Å². The van der Waals surface area contributed by atoms with E-state index in [9.17, 15) is 14.9 Å². The molecule has 21 heavy (non-hydrogen) atoms. The van der Waals surface area contributed by atoms with Crippen LogP contribution in [-0.4, -0.2) is 26.7 Å². The molecule has 1 unspecified atom stereocenters. The predicted molar refractivity (Wildman–Crippen MR) is 77.9 cm³/mol. The average Bonchev–Trinajstić information content (AvgIpc) is 2.79. The molecule has 2 rings (SSSR count). The van der Waals surface area contributed by atoms with E-state index in [-0.39, 0.29) is 29.6 Å². The van der Waals surface area contributed by atoms with E-state index in [0.29, 0.717) is 11.4 Å². The molecule has 1 atom stereocenters. The fraction of sp³-hybridized carbons (Fsp3) is 0.714. The maximum absolute atomic E-state index is 12.1. The van der Waals surface area contributed by atoms with Gasteiger partial charge in [0.05, 0.1) is 4.92 Å². The normalized spacial score (nSPS) is 20.5. The van der Waals surface area contributed by atoms with Crippen molar-refractivity contribution in [3.8, 4) is 0 Å². The Hall–Kier alpha value is -1.92. The highest BCUT2D eigenvalue weighted by molar-refractivity contribution is 5.76. The first kappa shape index (κ1) is 15.5. The first-order valence-corrected chi connectivity index (χ1v) is 7.17. The third-order valence-corrected chi connectivity index (χ3v) is 4.15. The summed E-state index contributed by atoms with van der Waals surface area (Å²) < 4.78 is 1.41. The minimum absolute atomic E-state index is 0.00944. The summed E-state index contributed by atoms with van der Waals surface area (Å²) in [6.45, 7) is 7.62. The van der Waals surface area contributed by atoms with E-state index in [4.69, 9.17) is 0 Å². The largest absolute Gasteiger partial charge is 0.352 e. The Morgan fingerprint density at radius 2 is 2.19 bits per heavy atom. The highest BCUT2D eigenvalue weighted by Crippen LogP contribution is 2.36. The van der Waals surface area contributed by atoms with Crippen LogP contribution in [0.15, 0.2) is 0 Å². The van der Waals surface area contributed by atoms with Crippen LogP contribution in [0.5, 0.6) is 0 Å². The SMILES string of the molecule is Cc1nn(CC(=O)NC2CCC(C)(C)C2)c(C)c1[N+](=O)[O-]. The van der Waals surface area contributed by atoms with E-state index in [1.54, 1.807) is 13.8 Å². The number of aryl methyl sites for hydroxylation is 1. The highest BCUT2D eigenvalue weighted by atomic mass is 16.6. The first-order valence-electron chi connectivity index (χ1n) is 7.17. The summed E-state index contributed by atoms with van der Waals surface area (Å²) in [6.07, 6.45) is 3.05. The highest BCUT2D eigenvalue weighted by Gasteiger charge is 2.32. The Kier molecular flexibility index (Phi) is 4.02. The number of nitrogens with one attached hydrogen (secondary N) is 1. The number of amides is 1. The van der Waals surface area contributed by atoms with Gasteiger partial charge in [-0.1, -0.05) is 13.8 Å². The first-order chi connectivity index (χ1) is 9.69. The maximum atomic E-state index is 12.1. The molecule has 1 N–H and O–H groups in total. The Balaban J connectivity index is 2.01. The Labute approximate surface area is 123 Å². The lowest BCUT2D eigenvalue weighted by molar-refractivity contribution is -0.386. The molecule has 1 aliphatic carbocycles. The van der Waals surface area contributed by atoms with Crippen LogP contribution in [0, 0.1) is 29.4 Å². The van der Waals surface area contributed by atoms with Crippen LogP contribution in [-0.2, 0) is 11.3 Å². The van der Waals surface area contributed by atoms with Crippen LogP contribution in [0.25, 0.3) is 0 Å². The number of hydrogen-bond acceptors (Lipinski definition) is 4. The second-order valence-electron chi connectivity index (χ2n) is 6.61. The van der Waals surface area contributed by atoms with Gasteiger partial charge in [-0.2, -0.15) is 5.10 Å². The van der Waals surface area contributed by atoms with Gasteiger partial charge in [-0.3, -0.25) is 19.6 Å². The molecule has 1 aromatic rings. The van der Waals surface area contributed by atoms with Crippen molar-refractivity contribution in [3.63, 3.8) is 0 Å². The maximum Gasteiger partial charge on any atom is 0.312 e. The second-order valence-corrected chi connectivity index (χ2v) is 6.61. The third-order valence-electron chi connectivity index (χ3n) is 4.15. The number of hydrogen-bond donors (Lipinski definition) is 1. The summed E-state index contributed by atoms with van der Waals surface area (Å²) in [4.78, 5) is 22.6.